The molecule has 0 aliphatic rings. The van der Waals surface area contributed by atoms with E-state index in [-0.39, 0.29) is 0 Å². The van der Waals surface area contributed by atoms with E-state index in [1.807, 2.05) is 0 Å². The number of ether oxygens (including phenoxy) is 2. The second-order valence-corrected chi connectivity index (χ2v) is 5.23. The summed E-state index contributed by atoms with van der Waals surface area (Å²) < 4.78 is 12.0. The summed E-state index contributed by atoms with van der Waals surface area (Å²) in [6, 6.07) is 0. The van der Waals surface area contributed by atoms with Crippen LogP contribution in [-0.2, 0) is 28.8 Å². The van der Waals surface area contributed by atoms with Gasteiger partial charge in [-0.25, -0.2) is 0 Å². The molecule has 102 valence electrons. The second kappa shape index (κ2) is 14.5. The molecule has 0 rings (SSSR count). The molecule has 0 saturated heterocycles. The van der Waals surface area contributed by atoms with Crippen LogP contribution in [0.5, 0.6) is 0 Å². The van der Waals surface area contributed by atoms with Crippen molar-refractivity contribution in [1.29, 1.82) is 0 Å². The van der Waals surface area contributed by atoms with E-state index < -0.39 is 0 Å². The fraction of sp³-hybridized carbons (Fsp3) is 0.917. The Morgan fingerprint density at radius 2 is 1.47 bits per heavy atom. The molecule has 0 atom stereocenters. The number of rotatable bonds is 13. The predicted molar refractivity (Wildman–Crippen MR) is 67.8 cm³/mol. The average molecular weight is 414 g/mol. The molecule has 0 fully saturated rings. The van der Waals surface area contributed by atoms with Gasteiger partial charge in [-0.15, -0.1) is 0 Å². The van der Waals surface area contributed by atoms with E-state index >= 15 is 0 Å². The van der Waals surface area contributed by atoms with Gasteiger partial charge in [0.25, 0.3) is 0 Å². The van der Waals surface area contributed by atoms with Gasteiger partial charge in [0.15, 0.2) is 0 Å². The van der Waals surface area contributed by atoms with E-state index in [1.54, 1.807) is 0 Å². The molecule has 0 aliphatic carbocycles. The molecule has 0 bridgehead atoms. The molecule has 0 aromatic carbocycles. The van der Waals surface area contributed by atoms with Crippen molar-refractivity contribution in [2.75, 3.05) is 39.5 Å². The van der Waals surface area contributed by atoms with Crippen LogP contribution in [0.4, 0.5) is 0 Å². The van der Waals surface area contributed by atoms with Gasteiger partial charge in [0.2, 0.25) is 0 Å². The minimum atomic E-state index is 0.777. The Balaban J connectivity index is 3.12. The Bertz CT molecular complexity index is 180. The molecule has 4 nitrogen and oxygen atoms in total. The van der Waals surface area contributed by atoms with Gasteiger partial charge < -0.3 is 0 Å². The number of unbranched alkanes of at least 4 members (excludes halogenated alkanes) is 1. The SMILES string of the molecule is CCCCOCCN[C](=[W])NCCOCCC. The van der Waals surface area contributed by atoms with Crippen LogP contribution in [0, 0.1) is 0 Å². The minimum absolute atomic E-state index is 0.777. The first-order chi connectivity index (χ1) is 8.31. The van der Waals surface area contributed by atoms with E-state index in [9.17, 15) is 0 Å². The third kappa shape index (κ3) is 14.3. The first-order valence-electron chi connectivity index (χ1n) is 6.48. The zero-order valence-electron chi connectivity index (χ0n) is 11.1. The third-order valence-electron chi connectivity index (χ3n) is 2.05. The van der Waals surface area contributed by atoms with E-state index in [4.69, 9.17) is 9.47 Å². The third-order valence-corrected chi connectivity index (χ3v) is 3.09. The second-order valence-electron chi connectivity index (χ2n) is 3.76. The summed E-state index contributed by atoms with van der Waals surface area (Å²) in [6.45, 7) is 9.34. The number of hydrogen-bond acceptors (Lipinski definition) is 4. The normalized spacial score (nSPS) is 10.7. The molecule has 0 aromatic heterocycles. The molecule has 0 amide bonds. The van der Waals surface area contributed by atoms with Crippen LogP contribution in [0.1, 0.15) is 33.1 Å². The summed E-state index contributed by atoms with van der Waals surface area (Å²) >= 11 is 1.42. The van der Waals surface area contributed by atoms with Crippen LogP contribution >= 0.6 is 0 Å². The summed E-state index contributed by atoms with van der Waals surface area (Å²) in [7, 11) is 0. The Kier molecular flexibility index (Phi) is 14.8. The molecule has 5 heteroatoms. The van der Waals surface area contributed by atoms with Crippen molar-refractivity contribution >= 4 is 4.15 Å². The fourth-order valence-electron chi connectivity index (χ4n) is 1.13. The fourth-order valence-corrected chi connectivity index (χ4v) is 1.86. The molecule has 17 heavy (non-hydrogen) atoms. The van der Waals surface area contributed by atoms with Crippen molar-refractivity contribution in [3.8, 4) is 0 Å². The molecule has 0 aliphatic heterocycles. The Labute approximate surface area is 116 Å². The predicted octanol–water partition coefficient (Wildman–Crippen LogP) is 1.04. The monoisotopic (exact) mass is 414 g/mol. The van der Waals surface area contributed by atoms with Gasteiger partial charge in [-0.1, -0.05) is 0 Å². The van der Waals surface area contributed by atoms with Crippen molar-refractivity contribution < 1.29 is 28.8 Å². The summed E-state index contributed by atoms with van der Waals surface area (Å²) in [4.78, 5) is 0. The summed E-state index contributed by atoms with van der Waals surface area (Å²) in [5.41, 5.74) is 0. The first-order valence-corrected chi connectivity index (χ1v) is 7.95. The topological polar surface area (TPSA) is 42.5 Å². The van der Waals surface area contributed by atoms with Gasteiger partial charge in [-0.2, -0.15) is 0 Å². The van der Waals surface area contributed by atoms with Crippen LogP contribution < -0.4 is 10.6 Å². The van der Waals surface area contributed by atoms with E-state index in [2.05, 4.69) is 24.5 Å². The molecule has 0 aromatic rings. The van der Waals surface area contributed by atoms with Gasteiger partial charge in [0, 0.05) is 0 Å². The summed E-state index contributed by atoms with van der Waals surface area (Å²) in [6.07, 6.45) is 3.43. The number of hydrogen-bond donors (Lipinski definition) is 2. The van der Waals surface area contributed by atoms with Crippen LogP contribution in [0.15, 0.2) is 0 Å². The Morgan fingerprint density at radius 3 is 2.00 bits per heavy atom. The molecule has 0 heterocycles. The Morgan fingerprint density at radius 1 is 0.882 bits per heavy atom. The van der Waals surface area contributed by atoms with Crippen molar-refractivity contribution in [3.63, 3.8) is 0 Å². The van der Waals surface area contributed by atoms with E-state index in [0.29, 0.717) is 0 Å². The van der Waals surface area contributed by atoms with Gasteiger partial charge in [0.05, 0.1) is 0 Å². The summed E-state index contributed by atoms with van der Waals surface area (Å²) in [5, 5.41) is 6.62. The molecule has 2 N–H and O–H groups in total. The van der Waals surface area contributed by atoms with E-state index in [1.165, 1.54) is 29.9 Å². The number of nitrogens with one attached hydrogen (secondary N) is 2. The average Bonchev–Trinajstić information content (AvgIpc) is 2.33. The van der Waals surface area contributed by atoms with Gasteiger partial charge in [-0.3, -0.25) is 0 Å². The van der Waals surface area contributed by atoms with Crippen molar-refractivity contribution in [2.45, 2.75) is 33.1 Å². The zero-order valence-corrected chi connectivity index (χ0v) is 14.0. The van der Waals surface area contributed by atoms with Crippen molar-refractivity contribution in [3.05, 3.63) is 0 Å². The maximum atomic E-state index is 5.46. The van der Waals surface area contributed by atoms with Crippen molar-refractivity contribution in [1.82, 2.24) is 10.6 Å². The standard InChI is InChI=1S/C12H26N2O2.W/c1-3-5-9-16-11-7-14-12-13-6-10-15-8-4-2;/h13-14H,3-11H2,1-2H3;. The Hall–Kier alpha value is 0.398. The first kappa shape index (κ1) is 17.4. The van der Waals surface area contributed by atoms with Gasteiger partial charge >= 0.3 is 116 Å². The molecule has 0 unspecified atom stereocenters. The van der Waals surface area contributed by atoms with Crippen LogP contribution in [0.3, 0.4) is 0 Å². The van der Waals surface area contributed by atoms with Crippen LogP contribution in [-0.4, -0.2) is 43.7 Å². The molecular formula is C12H26N2O2W. The zero-order chi connectivity index (χ0) is 12.8. The van der Waals surface area contributed by atoms with Crippen LogP contribution in [0.25, 0.3) is 0 Å². The molecular weight excluding hydrogens is 388 g/mol. The van der Waals surface area contributed by atoms with E-state index in [0.717, 1.165) is 52.4 Å². The molecule has 0 spiro atoms. The van der Waals surface area contributed by atoms with Gasteiger partial charge in [-0.05, 0) is 0 Å². The molecule has 0 saturated carbocycles. The maximum absolute atomic E-state index is 5.46. The quantitative estimate of drug-likeness (QED) is 0.443. The molecule has 0 radical (unpaired) electrons. The van der Waals surface area contributed by atoms with Gasteiger partial charge in [0.1, 0.15) is 0 Å². The van der Waals surface area contributed by atoms with Crippen LogP contribution in [0.2, 0.25) is 0 Å². The summed E-state index contributed by atoms with van der Waals surface area (Å²) in [5.74, 6) is 0. The van der Waals surface area contributed by atoms with Crippen molar-refractivity contribution in [2.24, 2.45) is 0 Å².